The number of phosphoric acid groups is 1. The summed E-state index contributed by atoms with van der Waals surface area (Å²) in [5.41, 5.74) is 1.59. The van der Waals surface area contributed by atoms with E-state index in [0.717, 1.165) is 0 Å². The molecule has 2 unspecified atom stereocenters. The summed E-state index contributed by atoms with van der Waals surface area (Å²) < 4.78 is 54.7. The maximum absolute atomic E-state index is 14.0. The normalized spacial score (nSPS) is 25.4. The number of carbonyl (C=O) groups is 1. The van der Waals surface area contributed by atoms with Crippen molar-refractivity contribution in [2.75, 3.05) is 12.3 Å². The van der Waals surface area contributed by atoms with Gasteiger partial charge in [-0.25, -0.2) is 18.5 Å². The summed E-state index contributed by atoms with van der Waals surface area (Å²) in [6.07, 6.45) is -1.19. The number of nitrogens with zero attached hydrogens (tertiary/aromatic N) is 2. The van der Waals surface area contributed by atoms with Gasteiger partial charge < -0.3 is 29.9 Å². The lowest BCUT2D eigenvalue weighted by Crippen LogP contribution is -2.47. The number of terminal acetylenes is 1. The van der Waals surface area contributed by atoms with Gasteiger partial charge in [-0.1, -0.05) is 24.1 Å². The van der Waals surface area contributed by atoms with Gasteiger partial charge >= 0.3 is 19.5 Å². The van der Waals surface area contributed by atoms with Gasteiger partial charge in [0.15, 0.2) is 29.6 Å². The molecule has 13 nitrogen and oxygen atoms in total. The Labute approximate surface area is 216 Å². The third-order valence-corrected chi connectivity index (χ3v) is 6.70. The largest absolute Gasteiger partial charge is 0.530 e. The van der Waals surface area contributed by atoms with Crippen molar-refractivity contribution < 1.29 is 47.0 Å². The number of hydrogen-bond acceptors (Lipinski definition) is 12. The van der Waals surface area contributed by atoms with E-state index in [4.69, 9.17) is 35.2 Å². The first-order chi connectivity index (χ1) is 17.8. The fourth-order valence-electron chi connectivity index (χ4n) is 3.38. The predicted molar refractivity (Wildman–Crippen MR) is 129 cm³/mol. The molecule has 1 aliphatic rings. The Hall–Kier alpha value is -3.31. The highest BCUT2D eigenvalue weighted by molar-refractivity contribution is 7.49. The molecule has 1 aromatic heterocycles. The molecule has 0 bridgehead atoms. The highest BCUT2D eigenvalue weighted by Gasteiger charge is 2.56. The van der Waals surface area contributed by atoms with Crippen molar-refractivity contribution in [3.05, 3.63) is 52.8 Å². The summed E-state index contributed by atoms with van der Waals surface area (Å²) >= 11 is 0. The number of phosphoric ester groups is 1. The molecule has 0 aliphatic carbocycles. The van der Waals surface area contributed by atoms with E-state index in [2.05, 4.69) is 4.98 Å². The second kappa shape index (κ2) is 11.6. The lowest BCUT2D eigenvalue weighted by atomic mass is 9.95. The molecular weight excluding hydrogens is 528 g/mol. The zero-order chi connectivity index (χ0) is 28.3. The molecule has 2 heterocycles. The Kier molecular flexibility index (Phi) is 8.94. The minimum atomic E-state index is -4.62. The van der Waals surface area contributed by atoms with E-state index < -0.39 is 74.0 Å². The second-order valence-corrected chi connectivity index (χ2v) is 10.0. The number of benzene rings is 1. The van der Waals surface area contributed by atoms with E-state index in [1.807, 2.05) is 5.92 Å². The summed E-state index contributed by atoms with van der Waals surface area (Å²) in [4.78, 5) is 27.8. The van der Waals surface area contributed by atoms with Crippen molar-refractivity contribution in [3.8, 4) is 18.1 Å². The first kappa shape index (κ1) is 29.2. The number of aliphatic hydroxyl groups is 2. The highest BCUT2D eigenvalue weighted by Crippen LogP contribution is 2.51. The van der Waals surface area contributed by atoms with Crippen LogP contribution in [0, 0.1) is 18.2 Å². The average molecular weight is 555 g/mol. The van der Waals surface area contributed by atoms with Crippen LogP contribution in [0.4, 0.5) is 10.2 Å². The molecule has 38 heavy (non-hydrogen) atoms. The molecule has 1 saturated heterocycles. The monoisotopic (exact) mass is 555 g/mol. The van der Waals surface area contributed by atoms with Crippen molar-refractivity contribution in [2.24, 2.45) is 0 Å². The molecule has 1 fully saturated rings. The van der Waals surface area contributed by atoms with Gasteiger partial charge in [0.05, 0.1) is 18.9 Å². The number of esters is 1. The topological polar surface area (TPSA) is 182 Å². The van der Waals surface area contributed by atoms with Gasteiger partial charge in [-0.15, -0.1) is 6.42 Å². The summed E-state index contributed by atoms with van der Waals surface area (Å²) in [5.74, 6) is -0.682. The minimum Gasteiger partial charge on any atom is -0.461 e. The Morgan fingerprint density at radius 3 is 2.63 bits per heavy atom. The molecule has 0 radical (unpaired) electrons. The quantitative estimate of drug-likeness (QED) is 0.216. The SMILES string of the molecule is C#C[C@@]1(O)C(O)[C@@H](COP(=O)(Oc2ccccc2)O[C@@H](C)C(=O)OC(C)C)O[C@H]1n1cc(F)c(N)nc1=O. The zero-order valence-electron chi connectivity index (χ0n) is 20.6. The number of ether oxygens (including phenoxy) is 2. The van der Waals surface area contributed by atoms with Crippen molar-refractivity contribution in [1.82, 2.24) is 9.55 Å². The number of carbonyl (C=O) groups excluding carboxylic acids is 1. The number of nitrogens with two attached hydrogens (primary N) is 1. The Morgan fingerprint density at radius 1 is 1.37 bits per heavy atom. The number of hydrogen-bond donors (Lipinski definition) is 3. The number of nitrogen functional groups attached to an aromatic ring is 1. The van der Waals surface area contributed by atoms with Crippen LogP contribution in [-0.4, -0.2) is 62.4 Å². The Bertz CT molecular complexity index is 1300. The number of aromatic nitrogens is 2. The average Bonchev–Trinajstić information content (AvgIpc) is 3.10. The predicted octanol–water partition coefficient (Wildman–Crippen LogP) is 1.15. The van der Waals surface area contributed by atoms with Gasteiger partial charge in [-0.2, -0.15) is 4.98 Å². The molecule has 0 saturated carbocycles. The van der Waals surface area contributed by atoms with Crippen LogP contribution >= 0.6 is 7.82 Å². The number of rotatable bonds is 10. The summed E-state index contributed by atoms with van der Waals surface area (Å²) in [7, 11) is -4.62. The van der Waals surface area contributed by atoms with E-state index >= 15 is 0 Å². The van der Waals surface area contributed by atoms with Gasteiger partial charge in [0.2, 0.25) is 0 Å². The molecule has 6 atom stereocenters. The molecule has 3 rings (SSSR count). The van der Waals surface area contributed by atoms with Crippen molar-refractivity contribution >= 4 is 19.6 Å². The first-order valence-corrected chi connectivity index (χ1v) is 12.7. The fourth-order valence-corrected chi connectivity index (χ4v) is 4.72. The molecule has 206 valence electrons. The lowest BCUT2D eigenvalue weighted by Gasteiger charge is -2.26. The van der Waals surface area contributed by atoms with Gasteiger partial charge in [0.25, 0.3) is 0 Å². The fraction of sp³-hybridized carbons (Fsp3) is 0.435. The summed E-state index contributed by atoms with van der Waals surface area (Å²) in [5, 5.41) is 21.6. The lowest BCUT2D eigenvalue weighted by molar-refractivity contribution is -0.156. The van der Waals surface area contributed by atoms with Crippen molar-refractivity contribution in [2.45, 2.75) is 57.0 Å². The maximum Gasteiger partial charge on any atom is 0.530 e. The highest BCUT2D eigenvalue weighted by atomic mass is 31.2. The van der Waals surface area contributed by atoms with Crippen LogP contribution in [-0.2, 0) is 27.9 Å². The van der Waals surface area contributed by atoms with Crippen LogP contribution < -0.4 is 15.9 Å². The molecule has 2 aromatic rings. The van der Waals surface area contributed by atoms with E-state index in [1.54, 1.807) is 32.0 Å². The second-order valence-electron chi connectivity index (χ2n) is 8.49. The van der Waals surface area contributed by atoms with Gasteiger partial charge in [-0.3, -0.25) is 13.6 Å². The molecule has 0 amide bonds. The van der Waals surface area contributed by atoms with Gasteiger partial charge in [0, 0.05) is 0 Å². The third kappa shape index (κ3) is 6.39. The van der Waals surface area contributed by atoms with Crippen molar-refractivity contribution in [3.63, 3.8) is 0 Å². The maximum atomic E-state index is 14.0. The van der Waals surface area contributed by atoms with Crippen LogP contribution in [0.1, 0.15) is 27.0 Å². The molecule has 1 aromatic carbocycles. The van der Waals surface area contributed by atoms with Crippen LogP contribution in [0.15, 0.2) is 41.3 Å². The van der Waals surface area contributed by atoms with Gasteiger partial charge in [-0.05, 0) is 32.9 Å². The number of aliphatic hydroxyl groups excluding tert-OH is 1. The minimum absolute atomic E-state index is 0.0566. The summed E-state index contributed by atoms with van der Waals surface area (Å²) in [6.45, 7) is 3.70. The summed E-state index contributed by atoms with van der Waals surface area (Å²) in [6, 6.07) is 7.71. The molecule has 1 aliphatic heterocycles. The Morgan fingerprint density at radius 2 is 2.03 bits per heavy atom. The smallest absolute Gasteiger partial charge is 0.461 e. The third-order valence-electron chi connectivity index (χ3n) is 5.23. The number of para-hydroxylation sites is 1. The Balaban J connectivity index is 1.85. The van der Waals surface area contributed by atoms with Crippen LogP contribution in [0.25, 0.3) is 0 Å². The van der Waals surface area contributed by atoms with E-state index in [-0.39, 0.29) is 5.75 Å². The van der Waals surface area contributed by atoms with Crippen LogP contribution in [0.2, 0.25) is 0 Å². The van der Waals surface area contributed by atoms with Crippen LogP contribution in [0.3, 0.4) is 0 Å². The van der Waals surface area contributed by atoms with E-state index in [0.29, 0.717) is 10.8 Å². The molecule has 4 N–H and O–H groups in total. The first-order valence-electron chi connectivity index (χ1n) is 11.3. The molecular formula is C23H27FN3O10P. The van der Waals surface area contributed by atoms with Crippen molar-refractivity contribution in [1.29, 1.82) is 0 Å². The standard InChI is InChI=1S/C23H27FN3O10P/c1-5-23(31)18(28)17(35-21(23)27-11-16(24)19(25)26-22(27)30)12-33-38(32,37-15-9-7-6-8-10-15)36-14(4)20(29)34-13(2)3/h1,6-11,13-14,17-18,21,28,31H,12H2,2-4H3,(H2,25,26,30)/t14-,17+,18?,21+,23+,38?/m0/s1. The van der Waals surface area contributed by atoms with Crippen LogP contribution in [0.5, 0.6) is 5.75 Å². The van der Waals surface area contributed by atoms with Gasteiger partial charge in [0.1, 0.15) is 18.0 Å². The molecule has 15 heteroatoms. The number of halogens is 1. The number of anilines is 1. The van der Waals surface area contributed by atoms with E-state index in [9.17, 15) is 28.8 Å². The zero-order valence-corrected chi connectivity index (χ0v) is 21.5. The molecule has 0 spiro atoms. The van der Waals surface area contributed by atoms with E-state index in [1.165, 1.54) is 19.1 Å².